The second-order valence-corrected chi connectivity index (χ2v) is 6.51. The summed E-state index contributed by atoms with van der Waals surface area (Å²) in [4.78, 5) is 14.4. The molecular weight excluding hydrogens is 254 g/mol. The van der Waals surface area contributed by atoms with Crippen LogP contribution in [0.15, 0.2) is 12.4 Å². The molecule has 1 amide bonds. The first-order chi connectivity index (χ1) is 9.45. The molecule has 0 unspecified atom stereocenters. The average Bonchev–Trinajstić information content (AvgIpc) is 2.90. The van der Waals surface area contributed by atoms with Crippen molar-refractivity contribution in [2.45, 2.75) is 46.2 Å². The number of rotatable bonds is 4. The first-order valence-electron chi connectivity index (χ1n) is 7.32. The van der Waals surface area contributed by atoms with E-state index in [1.54, 1.807) is 6.20 Å². The van der Waals surface area contributed by atoms with E-state index in [0.29, 0.717) is 6.04 Å². The van der Waals surface area contributed by atoms with Crippen LogP contribution in [0.2, 0.25) is 0 Å². The molecular formula is C14H25N5O. The van der Waals surface area contributed by atoms with Crippen molar-refractivity contribution in [3.05, 3.63) is 12.4 Å². The van der Waals surface area contributed by atoms with E-state index in [4.69, 9.17) is 0 Å². The molecule has 0 aliphatic carbocycles. The number of aromatic nitrogens is 3. The van der Waals surface area contributed by atoms with Crippen molar-refractivity contribution in [3.63, 3.8) is 0 Å². The van der Waals surface area contributed by atoms with Gasteiger partial charge in [0.25, 0.3) is 0 Å². The molecule has 0 saturated carbocycles. The number of carbonyl (C=O) groups excluding carboxylic acids is 1. The Morgan fingerprint density at radius 3 is 2.55 bits per heavy atom. The Balaban J connectivity index is 1.68. The van der Waals surface area contributed by atoms with Crippen LogP contribution < -0.4 is 5.32 Å². The van der Waals surface area contributed by atoms with Gasteiger partial charge in [0.1, 0.15) is 0 Å². The summed E-state index contributed by atoms with van der Waals surface area (Å²) in [5, 5.41) is 10.9. The largest absolute Gasteiger partial charge is 0.353 e. The van der Waals surface area contributed by atoms with Crippen LogP contribution in [0.4, 0.5) is 0 Å². The van der Waals surface area contributed by atoms with Crippen LogP contribution in [0.5, 0.6) is 0 Å². The average molecular weight is 279 g/mol. The number of nitrogens with one attached hydrogen (secondary N) is 1. The Labute approximate surface area is 120 Å². The van der Waals surface area contributed by atoms with Gasteiger partial charge in [-0.2, -0.15) is 0 Å². The maximum absolute atomic E-state index is 12.0. The molecule has 2 heterocycles. The van der Waals surface area contributed by atoms with E-state index in [9.17, 15) is 4.79 Å². The van der Waals surface area contributed by atoms with Crippen LogP contribution in [0.1, 0.15) is 33.6 Å². The standard InChI is InChI=1S/C14H25N5O/c1-14(2,3)13(20)16-12-4-7-18(8-5-12)10-11-19-9-6-15-17-19/h6,9,12H,4-5,7-8,10-11H2,1-3H3,(H,16,20). The summed E-state index contributed by atoms with van der Waals surface area (Å²) >= 11 is 0. The normalized spacial score (nSPS) is 18.1. The summed E-state index contributed by atoms with van der Waals surface area (Å²) < 4.78 is 1.85. The summed E-state index contributed by atoms with van der Waals surface area (Å²) in [6, 6.07) is 0.323. The summed E-state index contributed by atoms with van der Waals surface area (Å²) in [7, 11) is 0. The van der Waals surface area contributed by atoms with Gasteiger partial charge in [0.15, 0.2) is 0 Å². The SMILES string of the molecule is CC(C)(C)C(=O)NC1CCN(CCn2ccnn2)CC1. The Kier molecular flexibility index (Phi) is 4.75. The zero-order chi connectivity index (χ0) is 14.6. The lowest BCUT2D eigenvalue weighted by Gasteiger charge is -2.33. The highest BCUT2D eigenvalue weighted by Crippen LogP contribution is 2.16. The molecule has 0 atom stereocenters. The van der Waals surface area contributed by atoms with Crippen molar-refractivity contribution in [2.75, 3.05) is 19.6 Å². The molecule has 1 aliphatic rings. The van der Waals surface area contributed by atoms with E-state index in [1.807, 2.05) is 31.6 Å². The molecule has 20 heavy (non-hydrogen) atoms. The first-order valence-corrected chi connectivity index (χ1v) is 7.32. The van der Waals surface area contributed by atoms with Crippen molar-refractivity contribution >= 4 is 5.91 Å². The second kappa shape index (κ2) is 6.35. The third kappa shape index (κ3) is 4.30. The Bertz CT molecular complexity index is 415. The molecule has 1 fully saturated rings. The maximum Gasteiger partial charge on any atom is 0.225 e. The summed E-state index contributed by atoms with van der Waals surface area (Å²) in [6.07, 6.45) is 5.64. The minimum absolute atomic E-state index is 0.151. The Hall–Kier alpha value is -1.43. The first kappa shape index (κ1) is 15.0. The number of hydrogen-bond donors (Lipinski definition) is 1. The zero-order valence-corrected chi connectivity index (χ0v) is 12.7. The Morgan fingerprint density at radius 2 is 2.00 bits per heavy atom. The lowest BCUT2D eigenvalue weighted by atomic mass is 9.94. The quantitative estimate of drug-likeness (QED) is 0.889. The molecule has 6 heteroatoms. The molecule has 112 valence electrons. The van der Waals surface area contributed by atoms with Gasteiger partial charge in [-0.25, -0.2) is 0 Å². The summed E-state index contributed by atoms with van der Waals surface area (Å²) in [5.41, 5.74) is -0.301. The van der Waals surface area contributed by atoms with Crippen molar-refractivity contribution in [2.24, 2.45) is 5.41 Å². The van der Waals surface area contributed by atoms with Crippen molar-refractivity contribution in [3.8, 4) is 0 Å². The molecule has 1 aromatic heterocycles. The highest BCUT2D eigenvalue weighted by molar-refractivity contribution is 5.81. The van der Waals surface area contributed by atoms with E-state index in [1.165, 1.54) is 0 Å². The third-order valence-corrected chi connectivity index (χ3v) is 3.72. The van der Waals surface area contributed by atoms with Crippen LogP contribution in [0.3, 0.4) is 0 Å². The van der Waals surface area contributed by atoms with Gasteiger partial charge in [-0.3, -0.25) is 9.48 Å². The molecule has 1 N–H and O–H groups in total. The van der Waals surface area contributed by atoms with Gasteiger partial charge in [0.05, 0.1) is 12.7 Å². The van der Waals surface area contributed by atoms with E-state index in [-0.39, 0.29) is 11.3 Å². The number of amides is 1. The summed E-state index contributed by atoms with van der Waals surface area (Å²) in [5.74, 6) is 0.151. The minimum Gasteiger partial charge on any atom is -0.353 e. The molecule has 1 aromatic rings. The van der Waals surface area contributed by atoms with Gasteiger partial charge in [-0.15, -0.1) is 5.10 Å². The monoisotopic (exact) mass is 279 g/mol. The van der Waals surface area contributed by atoms with Crippen LogP contribution in [-0.2, 0) is 11.3 Å². The number of likely N-dealkylation sites (tertiary alicyclic amines) is 1. The molecule has 6 nitrogen and oxygen atoms in total. The predicted octanol–water partition coefficient (Wildman–Crippen LogP) is 0.905. The lowest BCUT2D eigenvalue weighted by molar-refractivity contribution is -0.129. The van der Waals surface area contributed by atoms with Crippen molar-refractivity contribution in [1.29, 1.82) is 0 Å². The van der Waals surface area contributed by atoms with Gasteiger partial charge in [0.2, 0.25) is 5.91 Å². The van der Waals surface area contributed by atoms with Gasteiger partial charge >= 0.3 is 0 Å². The minimum atomic E-state index is -0.301. The number of piperidine rings is 1. The Morgan fingerprint density at radius 1 is 1.30 bits per heavy atom. The topological polar surface area (TPSA) is 63.1 Å². The van der Waals surface area contributed by atoms with Crippen LogP contribution in [0.25, 0.3) is 0 Å². The number of nitrogens with zero attached hydrogens (tertiary/aromatic N) is 4. The van der Waals surface area contributed by atoms with E-state index < -0.39 is 0 Å². The fourth-order valence-electron chi connectivity index (χ4n) is 2.30. The third-order valence-electron chi connectivity index (χ3n) is 3.72. The van der Waals surface area contributed by atoms with Gasteiger partial charge in [0, 0.05) is 37.3 Å². The molecule has 1 aliphatic heterocycles. The predicted molar refractivity (Wildman–Crippen MR) is 77.1 cm³/mol. The van der Waals surface area contributed by atoms with E-state index in [0.717, 1.165) is 39.0 Å². The van der Waals surface area contributed by atoms with E-state index in [2.05, 4.69) is 20.5 Å². The molecule has 0 spiro atoms. The van der Waals surface area contributed by atoms with Gasteiger partial charge < -0.3 is 10.2 Å². The van der Waals surface area contributed by atoms with Crippen LogP contribution in [0, 0.1) is 5.41 Å². The number of hydrogen-bond acceptors (Lipinski definition) is 4. The smallest absolute Gasteiger partial charge is 0.225 e. The molecule has 2 rings (SSSR count). The van der Waals surface area contributed by atoms with Gasteiger partial charge in [-0.1, -0.05) is 26.0 Å². The van der Waals surface area contributed by atoms with Crippen LogP contribution >= 0.6 is 0 Å². The molecule has 0 aromatic carbocycles. The van der Waals surface area contributed by atoms with Crippen molar-refractivity contribution < 1.29 is 4.79 Å². The highest BCUT2D eigenvalue weighted by atomic mass is 16.2. The molecule has 0 bridgehead atoms. The molecule has 1 saturated heterocycles. The fourth-order valence-corrected chi connectivity index (χ4v) is 2.30. The van der Waals surface area contributed by atoms with Crippen molar-refractivity contribution in [1.82, 2.24) is 25.2 Å². The maximum atomic E-state index is 12.0. The fraction of sp³-hybridized carbons (Fsp3) is 0.786. The lowest BCUT2D eigenvalue weighted by Crippen LogP contribution is -2.48. The van der Waals surface area contributed by atoms with E-state index >= 15 is 0 Å². The molecule has 0 radical (unpaired) electrons. The van der Waals surface area contributed by atoms with Gasteiger partial charge in [-0.05, 0) is 12.8 Å². The summed E-state index contributed by atoms with van der Waals surface area (Å²) in [6.45, 7) is 9.79. The number of carbonyl (C=O) groups is 1. The zero-order valence-electron chi connectivity index (χ0n) is 12.7. The second-order valence-electron chi connectivity index (χ2n) is 6.51. The highest BCUT2D eigenvalue weighted by Gasteiger charge is 2.26. The van der Waals surface area contributed by atoms with Crippen LogP contribution in [-0.4, -0.2) is 51.5 Å².